The molecule has 1 saturated heterocycles. The van der Waals surface area contributed by atoms with Crippen molar-refractivity contribution in [3.63, 3.8) is 0 Å². The van der Waals surface area contributed by atoms with Crippen LogP contribution >= 0.6 is 0 Å². The van der Waals surface area contributed by atoms with Gasteiger partial charge in [-0.25, -0.2) is 0 Å². The number of piperidine rings is 1. The van der Waals surface area contributed by atoms with Gasteiger partial charge in [0.1, 0.15) is 11.9 Å². The topological polar surface area (TPSA) is 84.7 Å². The number of nitrogens with zero attached hydrogens (tertiary/aromatic N) is 1. The van der Waals surface area contributed by atoms with Crippen LogP contribution < -0.4 is 15.8 Å². The van der Waals surface area contributed by atoms with Crippen molar-refractivity contribution < 1.29 is 14.3 Å². The van der Waals surface area contributed by atoms with Gasteiger partial charge < -0.3 is 15.8 Å². The first-order chi connectivity index (χ1) is 11.5. The number of Topliss-reactive ketones (excluding diaryl/α,β-unsaturated/α-hetero) is 1. The molecule has 130 valence electrons. The number of primary amides is 1. The van der Waals surface area contributed by atoms with E-state index < -0.39 is 0 Å². The third kappa shape index (κ3) is 3.38. The molecular weight excluding hydrogens is 306 g/mol. The minimum Gasteiger partial charge on any atom is -0.487 e. The van der Waals surface area contributed by atoms with Gasteiger partial charge in [0, 0.05) is 11.5 Å². The maximum atomic E-state index is 12.8. The Morgan fingerprint density at radius 3 is 2.71 bits per heavy atom. The largest absolute Gasteiger partial charge is 0.487 e. The molecule has 2 heterocycles. The van der Waals surface area contributed by atoms with E-state index in [1.54, 1.807) is 0 Å². The lowest BCUT2D eigenvalue weighted by atomic mass is 9.94. The fourth-order valence-corrected chi connectivity index (χ4v) is 3.41. The summed E-state index contributed by atoms with van der Waals surface area (Å²) in [7, 11) is 0. The second kappa shape index (κ2) is 6.81. The smallest absolute Gasteiger partial charge is 0.220 e. The van der Waals surface area contributed by atoms with Crippen molar-refractivity contribution in [2.75, 3.05) is 25.0 Å². The number of nitrogens with one attached hydrogen (secondary N) is 1. The van der Waals surface area contributed by atoms with Gasteiger partial charge in [-0.3, -0.25) is 14.5 Å². The van der Waals surface area contributed by atoms with Crippen molar-refractivity contribution in [3.05, 3.63) is 23.8 Å². The van der Waals surface area contributed by atoms with Crippen LogP contribution in [0.5, 0.6) is 5.75 Å². The quantitative estimate of drug-likeness (QED) is 0.820. The number of hydrogen-bond donors (Lipinski definition) is 2. The molecule has 2 atom stereocenters. The second-order valence-electron chi connectivity index (χ2n) is 6.77. The van der Waals surface area contributed by atoms with Gasteiger partial charge in [-0.15, -0.1) is 0 Å². The molecule has 0 radical (unpaired) electrons. The molecule has 6 heteroatoms. The Balaban J connectivity index is 1.67. The SMILES string of the molecule is CC1CNc2cc(C(=O)C(C)N3CCC(C(N)=O)CC3)ccc2O1. The van der Waals surface area contributed by atoms with Crippen LogP contribution in [0.3, 0.4) is 0 Å². The Hall–Kier alpha value is -2.08. The van der Waals surface area contributed by atoms with Gasteiger partial charge in [0.15, 0.2) is 5.78 Å². The highest BCUT2D eigenvalue weighted by atomic mass is 16.5. The number of ketones is 1. The van der Waals surface area contributed by atoms with E-state index in [1.807, 2.05) is 32.0 Å². The Bertz CT molecular complexity index is 638. The molecule has 0 aromatic heterocycles. The molecule has 6 nitrogen and oxygen atoms in total. The Labute approximate surface area is 142 Å². The van der Waals surface area contributed by atoms with Crippen LogP contribution in [0.4, 0.5) is 5.69 Å². The van der Waals surface area contributed by atoms with Crippen LogP contribution in [0.2, 0.25) is 0 Å². The van der Waals surface area contributed by atoms with E-state index >= 15 is 0 Å². The number of amides is 1. The molecule has 0 aliphatic carbocycles. The van der Waals surface area contributed by atoms with Crippen molar-refractivity contribution in [2.45, 2.75) is 38.8 Å². The standard InChI is InChI=1S/C18H25N3O3/c1-11-10-20-15-9-14(3-4-16(15)24-11)17(22)12(2)21-7-5-13(6-8-21)18(19)23/h3-4,9,11-13,20H,5-8,10H2,1-2H3,(H2,19,23). The van der Waals surface area contributed by atoms with Gasteiger partial charge in [0.2, 0.25) is 5.91 Å². The Morgan fingerprint density at radius 1 is 1.33 bits per heavy atom. The number of ether oxygens (including phenoxy) is 1. The average molecular weight is 331 g/mol. The van der Waals surface area contributed by atoms with Crippen LogP contribution in [0.1, 0.15) is 37.0 Å². The van der Waals surface area contributed by atoms with Crippen molar-refractivity contribution >= 4 is 17.4 Å². The first-order valence-corrected chi connectivity index (χ1v) is 8.58. The molecule has 2 aliphatic rings. The van der Waals surface area contributed by atoms with Crippen molar-refractivity contribution in [3.8, 4) is 5.75 Å². The van der Waals surface area contributed by atoms with Crippen LogP contribution in [0, 0.1) is 5.92 Å². The normalized spacial score (nSPS) is 22.8. The molecule has 24 heavy (non-hydrogen) atoms. The van der Waals surface area contributed by atoms with Crippen LogP contribution in [0.15, 0.2) is 18.2 Å². The third-order valence-corrected chi connectivity index (χ3v) is 5.03. The van der Waals surface area contributed by atoms with Gasteiger partial charge in [-0.2, -0.15) is 0 Å². The number of carbonyl (C=O) groups excluding carboxylic acids is 2. The molecule has 1 aromatic rings. The van der Waals surface area contributed by atoms with Gasteiger partial charge in [0.25, 0.3) is 0 Å². The van der Waals surface area contributed by atoms with Crippen molar-refractivity contribution in [1.29, 1.82) is 0 Å². The van der Waals surface area contributed by atoms with Gasteiger partial charge >= 0.3 is 0 Å². The maximum absolute atomic E-state index is 12.8. The molecule has 3 rings (SSSR count). The van der Waals surface area contributed by atoms with Crippen LogP contribution in [-0.4, -0.2) is 48.4 Å². The van der Waals surface area contributed by atoms with Crippen LogP contribution in [0.25, 0.3) is 0 Å². The molecular formula is C18H25N3O3. The number of nitrogens with two attached hydrogens (primary N) is 1. The van der Waals surface area contributed by atoms with Crippen molar-refractivity contribution in [2.24, 2.45) is 11.7 Å². The number of hydrogen-bond acceptors (Lipinski definition) is 5. The van der Waals surface area contributed by atoms with Crippen molar-refractivity contribution in [1.82, 2.24) is 4.90 Å². The number of benzene rings is 1. The molecule has 3 N–H and O–H groups in total. The average Bonchev–Trinajstić information content (AvgIpc) is 2.60. The van der Waals surface area contributed by atoms with Gasteiger partial charge in [0.05, 0.1) is 18.3 Å². The summed E-state index contributed by atoms with van der Waals surface area (Å²) in [6.45, 7) is 6.13. The molecule has 0 saturated carbocycles. The predicted octanol–water partition coefficient (Wildman–Crippen LogP) is 1.65. The minimum atomic E-state index is -0.233. The van der Waals surface area contributed by atoms with E-state index in [0.29, 0.717) is 5.56 Å². The Kier molecular flexibility index (Phi) is 4.76. The summed E-state index contributed by atoms with van der Waals surface area (Å²) in [6.07, 6.45) is 1.58. The second-order valence-corrected chi connectivity index (χ2v) is 6.77. The van der Waals surface area contributed by atoms with E-state index in [1.165, 1.54) is 0 Å². The fraction of sp³-hybridized carbons (Fsp3) is 0.556. The zero-order valence-corrected chi connectivity index (χ0v) is 14.2. The number of likely N-dealkylation sites (tertiary alicyclic amines) is 1. The lowest BCUT2D eigenvalue weighted by Gasteiger charge is -2.34. The summed E-state index contributed by atoms with van der Waals surface area (Å²) in [5, 5.41) is 3.30. The van der Waals surface area contributed by atoms with E-state index in [-0.39, 0.29) is 29.8 Å². The molecule has 1 fully saturated rings. The minimum absolute atomic E-state index is 0.0596. The first-order valence-electron chi connectivity index (χ1n) is 8.58. The summed E-state index contributed by atoms with van der Waals surface area (Å²) >= 11 is 0. The molecule has 1 aromatic carbocycles. The number of carbonyl (C=O) groups is 2. The fourth-order valence-electron chi connectivity index (χ4n) is 3.41. The number of fused-ring (bicyclic) bond motifs is 1. The van der Waals surface area contributed by atoms with E-state index in [0.717, 1.165) is 43.9 Å². The summed E-state index contributed by atoms with van der Waals surface area (Å²) in [6, 6.07) is 5.35. The highest BCUT2D eigenvalue weighted by Crippen LogP contribution is 2.30. The zero-order valence-electron chi connectivity index (χ0n) is 14.2. The summed E-state index contributed by atoms with van der Waals surface area (Å²) in [4.78, 5) is 26.2. The van der Waals surface area contributed by atoms with Crippen LogP contribution in [-0.2, 0) is 4.79 Å². The van der Waals surface area contributed by atoms with E-state index in [9.17, 15) is 9.59 Å². The molecule has 2 unspecified atom stereocenters. The summed E-state index contributed by atoms with van der Waals surface area (Å²) < 4.78 is 5.75. The first kappa shape index (κ1) is 16.8. The predicted molar refractivity (Wildman–Crippen MR) is 92.3 cm³/mol. The zero-order chi connectivity index (χ0) is 17.3. The summed E-state index contributed by atoms with van der Waals surface area (Å²) in [5.74, 6) is 0.593. The lowest BCUT2D eigenvalue weighted by Crippen LogP contribution is -2.46. The molecule has 0 spiro atoms. The molecule has 1 amide bonds. The lowest BCUT2D eigenvalue weighted by molar-refractivity contribution is -0.123. The number of anilines is 1. The number of rotatable bonds is 4. The Morgan fingerprint density at radius 2 is 2.04 bits per heavy atom. The molecule has 0 bridgehead atoms. The third-order valence-electron chi connectivity index (χ3n) is 5.03. The van der Waals surface area contributed by atoms with E-state index in [4.69, 9.17) is 10.5 Å². The van der Waals surface area contributed by atoms with Gasteiger partial charge in [-0.05, 0) is 58.0 Å². The van der Waals surface area contributed by atoms with E-state index in [2.05, 4.69) is 10.2 Å². The summed E-state index contributed by atoms with van der Waals surface area (Å²) in [5.41, 5.74) is 6.93. The molecule has 2 aliphatic heterocycles. The highest BCUT2D eigenvalue weighted by molar-refractivity contribution is 6.01. The monoisotopic (exact) mass is 331 g/mol. The highest BCUT2D eigenvalue weighted by Gasteiger charge is 2.29. The van der Waals surface area contributed by atoms with Gasteiger partial charge in [-0.1, -0.05) is 0 Å². The maximum Gasteiger partial charge on any atom is 0.220 e.